The number of carbonyl (C=O) groups is 1. The molecule has 16 heavy (non-hydrogen) atoms. The van der Waals surface area contributed by atoms with Crippen molar-refractivity contribution in [3.05, 3.63) is 35.4 Å². The monoisotopic (exact) mass is 236 g/mol. The summed E-state index contributed by atoms with van der Waals surface area (Å²) < 4.78 is -0.688. The van der Waals surface area contributed by atoms with Crippen molar-refractivity contribution in [3.8, 4) is 0 Å². The Labute approximate surface area is 100 Å². The van der Waals surface area contributed by atoms with E-state index in [2.05, 4.69) is 6.92 Å². The highest BCUT2D eigenvalue weighted by atomic mass is 32.2. The number of aliphatic carboxylic acids is 1. The smallest absolute Gasteiger partial charge is 0.324 e. The highest BCUT2D eigenvalue weighted by molar-refractivity contribution is 8.00. The van der Waals surface area contributed by atoms with Crippen LogP contribution in [-0.4, -0.2) is 16.8 Å². The largest absolute Gasteiger partial charge is 0.480 e. The summed E-state index contributed by atoms with van der Waals surface area (Å²) in [7, 11) is 0. The van der Waals surface area contributed by atoms with E-state index in [0.717, 1.165) is 30.6 Å². The number of benzene rings is 1. The number of aryl methyl sites for hydroxylation is 1. The molecule has 1 aliphatic carbocycles. The maximum Gasteiger partial charge on any atom is 0.324 e. The fourth-order valence-corrected chi connectivity index (χ4v) is 3.56. The number of carboxylic acid groups (broad SMARTS) is 1. The Balaban J connectivity index is 2.39. The molecular weight excluding hydrogens is 220 g/mol. The van der Waals surface area contributed by atoms with E-state index in [9.17, 15) is 9.90 Å². The van der Waals surface area contributed by atoms with E-state index in [1.165, 1.54) is 5.56 Å². The first kappa shape index (κ1) is 11.5. The normalized spacial score (nSPS) is 23.1. The maximum atomic E-state index is 11.6. The van der Waals surface area contributed by atoms with E-state index in [1.807, 2.05) is 24.3 Å². The number of rotatable bonds is 4. The zero-order chi connectivity index (χ0) is 11.6. The molecule has 3 heteroatoms. The summed E-state index contributed by atoms with van der Waals surface area (Å²) >= 11 is 1.58. The lowest BCUT2D eigenvalue weighted by Crippen LogP contribution is -2.30. The molecule has 86 valence electrons. The van der Waals surface area contributed by atoms with Gasteiger partial charge in [0.15, 0.2) is 0 Å². The van der Waals surface area contributed by atoms with Crippen molar-refractivity contribution in [2.24, 2.45) is 0 Å². The number of hydrogen-bond donors (Lipinski definition) is 1. The number of hydrogen-bond acceptors (Lipinski definition) is 2. The van der Waals surface area contributed by atoms with Gasteiger partial charge in [-0.3, -0.25) is 4.79 Å². The lowest BCUT2D eigenvalue weighted by Gasteiger charge is -2.24. The SMILES string of the molecule is CCCSC1(C(=O)O)CCc2ccccc21. The summed E-state index contributed by atoms with van der Waals surface area (Å²) in [4.78, 5) is 11.6. The topological polar surface area (TPSA) is 37.3 Å². The molecule has 0 saturated carbocycles. The second-order valence-electron chi connectivity index (χ2n) is 4.14. The zero-order valence-electron chi connectivity index (χ0n) is 9.40. The third kappa shape index (κ3) is 1.73. The fourth-order valence-electron chi connectivity index (χ4n) is 2.29. The second-order valence-corrected chi connectivity index (χ2v) is 5.53. The van der Waals surface area contributed by atoms with Crippen molar-refractivity contribution in [1.82, 2.24) is 0 Å². The van der Waals surface area contributed by atoms with Gasteiger partial charge in [-0.15, -0.1) is 11.8 Å². The molecule has 0 amide bonds. The van der Waals surface area contributed by atoms with Crippen LogP contribution in [0.2, 0.25) is 0 Å². The van der Waals surface area contributed by atoms with Crippen molar-refractivity contribution < 1.29 is 9.90 Å². The molecule has 0 aliphatic heterocycles. The van der Waals surface area contributed by atoms with Crippen LogP contribution >= 0.6 is 11.8 Å². The molecule has 0 bridgehead atoms. The molecule has 0 aromatic heterocycles. The fraction of sp³-hybridized carbons (Fsp3) is 0.462. The van der Waals surface area contributed by atoms with Gasteiger partial charge >= 0.3 is 5.97 Å². The van der Waals surface area contributed by atoms with Crippen LogP contribution in [0.4, 0.5) is 0 Å². The van der Waals surface area contributed by atoms with Crippen LogP contribution in [0.5, 0.6) is 0 Å². The van der Waals surface area contributed by atoms with Crippen LogP contribution < -0.4 is 0 Å². The summed E-state index contributed by atoms with van der Waals surface area (Å²) in [6.45, 7) is 2.09. The van der Waals surface area contributed by atoms with E-state index in [-0.39, 0.29) is 0 Å². The first-order valence-electron chi connectivity index (χ1n) is 5.66. The molecule has 0 spiro atoms. The molecule has 0 saturated heterocycles. The Hall–Kier alpha value is -0.960. The van der Waals surface area contributed by atoms with Crippen LogP contribution in [0.1, 0.15) is 30.9 Å². The minimum atomic E-state index is -0.688. The van der Waals surface area contributed by atoms with Crippen LogP contribution in [-0.2, 0) is 16.0 Å². The van der Waals surface area contributed by atoms with Gasteiger partial charge in [-0.25, -0.2) is 0 Å². The minimum absolute atomic E-state index is 0.684. The quantitative estimate of drug-likeness (QED) is 0.873. The van der Waals surface area contributed by atoms with Gasteiger partial charge in [0.05, 0.1) is 0 Å². The molecule has 0 heterocycles. The van der Waals surface area contributed by atoms with E-state index in [4.69, 9.17) is 0 Å². The highest BCUT2D eigenvalue weighted by Gasteiger charge is 2.45. The molecule has 1 aromatic carbocycles. The molecule has 1 aromatic rings. The number of fused-ring (bicyclic) bond motifs is 1. The third-order valence-corrected chi connectivity index (χ3v) is 4.80. The third-order valence-electron chi connectivity index (χ3n) is 3.10. The Morgan fingerprint density at radius 2 is 2.25 bits per heavy atom. The summed E-state index contributed by atoms with van der Waals surface area (Å²) in [6.07, 6.45) is 2.63. The van der Waals surface area contributed by atoms with Crippen molar-refractivity contribution in [2.45, 2.75) is 30.9 Å². The molecule has 1 atom stereocenters. The first-order chi connectivity index (χ1) is 7.70. The molecule has 0 fully saturated rings. The number of carboxylic acids is 1. The van der Waals surface area contributed by atoms with Crippen LogP contribution in [0.15, 0.2) is 24.3 Å². The standard InChI is InChI=1S/C13H16O2S/c1-2-9-16-13(12(14)15)8-7-10-5-3-4-6-11(10)13/h3-6H,2,7-9H2,1H3,(H,14,15). The molecule has 1 unspecified atom stereocenters. The van der Waals surface area contributed by atoms with Crippen LogP contribution in [0.3, 0.4) is 0 Å². The Bertz CT molecular complexity index is 403. The molecule has 0 radical (unpaired) electrons. The van der Waals surface area contributed by atoms with E-state index >= 15 is 0 Å². The van der Waals surface area contributed by atoms with Crippen molar-refractivity contribution in [3.63, 3.8) is 0 Å². The lowest BCUT2D eigenvalue weighted by molar-refractivity contribution is -0.140. The van der Waals surface area contributed by atoms with Crippen molar-refractivity contribution in [2.75, 3.05) is 5.75 Å². The molecular formula is C13H16O2S. The van der Waals surface area contributed by atoms with Crippen LogP contribution in [0, 0.1) is 0 Å². The van der Waals surface area contributed by atoms with Crippen molar-refractivity contribution >= 4 is 17.7 Å². The first-order valence-corrected chi connectivity index (χ1v) is 6.65. The van der Waals surface area contributed by atoms with Crippen LogP contribution in [0.25, 0.3) is 0 Å². The predicted molar refractivity (Wildman–Crippen MR) is 66.8 cm³/mol. The van der Waals surface area contributed by atoms with Gasteiger partial charge in [0.1, 0.15) is 4.75 Å². The summed E-state index contributed by atoms with van der Waals surface area (Å²) in [6, 6.07) is 7.95. The molecule has 2 nitrogen and oxygen atoms in total. The van der Waals surface area contributed by atoms with Gasteiger partial charge < -0.3 is 5.11 Å². The van der Waals surface area contributed by atoms with E-state index in [1.54, 1.807) is 11.8 Å². The van der Waals surface area contributed by atoms with Gasteiger partial charge in [0.2, 0.25) is 0 Å². The molecule has 1 N–H and O–H groups in total. The average Bonchev–Trinajstić information content (AvgIpc) is 2.67. The Kier molecular flexibility index (Phi) is 3.24. The predicted octanol–water partition coefficient (Wildman–Crippen LogP) is 3.06. The van der Waals surface area contributed by atoms with Gasteiger partial charge in [0, 0.05) is 0 Å². The van der Waals surface area contributed by atoms with Crippen molar-refractivity contribution in [1.29, 1.82) is 0 Å². The Morgan fingerprint density at radius 3 is 2.94 bits per heavy atom. The van der Waals surface area contributed by atoms with E-state index < -0.39 is 10.7 Å². The summed E-state index contributed by atoms with van der Waals surface area (Å²) in [5, 5.41) is 9.52. The zero-order valence-corrected chi connectivity index (χ0v) is 10.2. The summed E-state index contributed by atoms with van der Waals surface area (Å²) in [5.74, 6) is 0.219. The van der Waals surface area contributed by atoms with Gasteiger partial charge in [-0.05, 0) is 36.1 Å². The number of thioether (sulfide) groups is 1. The highest BCUT2D eigenvalue weighted by Crippen LogP contribution is 2.47. The molecule has 2 rings (SSSR count). The molecule has 1 aliphatic rings. The lowest BCUT2D eigenvalue weighted by atomic mass is 10.0. The maximum absolute atomic E-state index is 11.6. The van der Waals surface area contributed by atoms with E-state index in [0.29, 0.717) is 0 Å². The summed E-state index contributed by atoms with van der Waals surface area (Å²) in [5.41, 5.74) is 2.22. The minimum Gasteiger partial charge on any atom is -0.480 e. The van der Waals surface area contributed by atoms with Gasteiger partial charge in [0.25, 0.3) is 0 Å². The second kappa shape index (κ2) is 4.50. The van der Waals surface area contributed by atoms with Gasteiger partial charge in [-0.2, -0.15) is 0 Å². The average molecular weight is 236 g/mol. The Morgan fingerprint density at radius 1 is 1.50 bits per heavy atom. The van der Waals surface area contributed by atoms with Gasteiger partial charge in [-0.1, -0.05) is 31.2 Å².